The second-order valence-corrected chi connectivity index (χ2v) is 7.73. The molecule has 0 saturated carbocycles. The Morgan fingerprint density at radius 2 is 2.13 bits per heavy atom. The molecule has 1 fully saturated rings. The van der Waals surface area contributed by atoms with Crippen LogP contribution in [0, 0.1) is 0 Å². The number of aromatic nitrogens is 2. The molecule has 0 spiro atoms. The van der Waals surface area contributed by atoms with E-state index in [1.165, 1.54) is 0 Å². The van der Waals surface area contributed by atoms with E-state index in [-0.39, 0.29) is 17.9 Å². The number of furan rings is 1. The van der Waals surface area contributed by atoms with Crippen LogP contribution >= 0.6 is 11.6 Å². The molecule has 0 aliphatic carbocycles. The second kappa shape index (κ2) is 8.75. The molecule has 1 saturated heterocycles. The van der Waals surface area contributed by atoms with Gasteiger partial charge in [-0.25, -0.2) is 4.68 Å². The van der Waals surface area contributed by atoms with E-state index >= 15 is 0 Å². The number of hydrogen-bond acceptors (Lipinski definition) is 4. The Morgan fingerprint density at radius 1 is 1.27 bits per heavy atom. The summed E-state index contributed by atoms with van der Waals surface area (Å²) in [5.74, 6) is 0.437. The third kappa shape index (κ3) is 4.26. The summed E-state index contributed by atoms with van der Waals surface area (Å²) in [5.41, 5.74) is 1.72. The molecule has 1 aliphatic rings. The molecule has 2 amide bonds. The predicted molar refractivity (Wildman–Crippen MR) is 114 cm³/mol. The molecule has 8 heteroatoms. The van der Waals surface area contributed by atoms with Gasteiger partial charge in [0.1, 0.15) is 5.69 Å². The summed E-state index contributed by atoms with van der Waals surface area (Å²) in [4.78, 5) is 26.7. The van der Waals surface area contributed by atoms with Crippen LogP contribution in [0.4, 0.5) is 0 Å². The van der Waals surface area contributed by atoms with Crippen molar-refractivity contribution in [1.29, 1.82) is 0 Å². The van der Waals surface area contributed by atoms with Crippen LogP contribution in [0.2, 0.25) is 5.02 Å². The first-order valence-electron chi connectivity index (χ1n) is 10.0. The smallest absolute Gasteiger partial charge is 0.274 e. The third-order valence-electron chi connectivity index (χ3n) is 5.15. The highest BCUT2D eigenvalue weighted by Gasteiger charge is 2.28. The molecule has 1 aliphatic heterocycles. The number of rotatable bonds is 5. The maximum Gasteiger partial charge on any atom is 0.274 e. The van der Waals surface area contributed by atoms with Crippen molar-refractivity contribution in [3.8, 4) is 17.1 Å². The lowest BCUT2D eigenvalue weighted by Gasteiger charge is -2.32. The Labute approximate surface area is 179 Å². The number of hydrogen-bond donors (Lipinski definition) is 1. The first-order valence-corrected chi connectivity index (χ1v) is 10.4. The Balaban J connectivity index is 1.63. The fourth-order valence-corrected chi connectivity index (χ4v) is 3.85. The van der Waals surface area contributed by atoms with Crippen molar-refractivity contribution in [2.45, 2.75) is 32.2 Å². The van der Waals surface area contributed by atoms with E-state index < -0.39 is 0 Å². The molecular formula is C22H23ClN4O3. The Morgan fingerprint density at radius 3 is 2.87 bits per heavy atom. The van der Waals surface area contributed by atoms with Crippen molar-refractivity contribution < 1.29 is 14.0 Å². The van der Waals surface area contributed by atoms with Crippen LogP contribution in [0.3, 0.4) is 0 Å². The molecule has 156 valence electrons. The van der Waals surface area contributed by atoms with Crippen molar-refractivity contribution in [2.24, 2.45) is 0 Å². The van der Waals surface area contributed by atoms with E-state index in [1.54, 1.807) is 40.1 Å². The van der Waals surface area contributed by atoms with Gasteiger partial charge in [-0.3, -0.25) is 9.59 Å². The highest BCUT2D eigenvalue weighted by Crippen LogP contribution is 2.26. The zero-order valence-corrected chi connectivity index (χ0v) is 17.4. The van der Waals surface area contributed by atoms with Gasteiger partial charge in [0.15, 0.2) is 11.5 Å². The highest BCUT2D eigenvalue weighted by atomic mass is 35.5. The molecule has 7 nitrogen and oxygen atoms in total. The van der Waals surface area contributed by atoms with Crippen molar-refractivity contribution in [1.82, 2.24) is 20.0 Å². The summed E-state index contributed by atoms with van der Waals surface area (Å²) in [7, 11) is 0. The average Bonchev–Trinajstić information content (AvgIpc) is 3.43. The van der Waals surface area contributed by atoms with Gasteiger partial charge < -0.3 is 14.6 Å². The molecular weight excluding hydrogens is 404 g/mol. The molecule has 3 aromatic rings. The van der Waals surface area contributed by atoms with Gasteiger partial charge in [0.25, 0.3) is 5.91 Å². The topological polar surface area (TPSA) is 80.4 Å². The maximum absolute atomic E-state index is 13.2. The molecule has 1 atom stereocenters. The van der Waals surface area contributed by atoms with Crippen LogP contribution in [0.25, 0.3) is 17.1 Å². The molecule has 3 heterocycles. The number of carbonyl (C=O) groups excluding carboxylic acids is 2. The summed E-state index contributed by atoms with van der Waals surface area (Å²) in [5, 5.41) is 8.14. The van der Waals surface area contributed by atoms with Crippen molar-refractivity contribution >= 4 is 23.4 Å². The van der Waals surface area contributed by atoms with Crippen molar-refractivity contribution in [3.05, 3.63) is 59.4 Å². The fourth-order valence-electron chi connectivity index (χ4n) is 3.66. The zero-order chi connectivity index (χ0) is 21.1. The average molecular weight is 427 g/mol. The minimum atomic E-state index is -0.168. The number of carbonyl (C=O) groups is 2. The summed E-state index contributed by atoms with van der Waals surface area (Å²) >= 11 is 6.16. The van der Waals surface area contributed by atoms with E-state index in [0.29, 0.717) is 41.7 Å². The largest absolute Gasteiger partial charge is 0.463 e. The lowest BCUT2D eigenvalue weighted by atomic mass is 10.0. The highest BCUT2D eigenvalue weighted by molar-refractivity contribution is 6.30. The standard InChI is InChI=1S/C22H23ClN4O3/c1-2-21(28)24-16-7-4-10-26(14-16)22(29)18-13-19(20-9-5-11-30-20)27(25-18)17-8-3-6-15(23)12-17/h3,5-6,8-9,11-13,16H,2,4,7,10,14H2,1H3,(H,24,28). The van der Waals surface area contributed by atoms with Gasteiger partial charge in [-0.2, -0.15) is 5.10 Å². The van der Waals surface area contributed by atoms with Crippen LogP contribution in [0.15, 0.2) is 53.1 Å². The van der Waals surface area contributed by atoms with Crippen LogP contribution in [0.1, 0.15) is 36.7 Å². The van der Waals surface area contributed by atoms with Crippen molar-refractivity contribution in [2.75, 3.05) is 13.1 Å². The third-order valence-corrected chi connectivity index (χ3v) is 5.38. The Bertz CT molecular complexity index is 1040. The molecule has 0 bridgehead atoms. The molecule has 2 aromatic heterocycles. The molecule has 0 radical (unpaired) electrons. The number of amides is 2. The summed E-state index contributed by atoms with van der Waals surface area (Å²) in [6.07, 6.45) is 3.71. The van der Waals surface area contributed by atoms with Crippen LogP contribution in [-0.4, -0.2) is 45.6 Å². The minimum absolute atomic E-state index is 0.000334. The molecule has 1 unspecified atom stereocenters. The SMILES string of the molecule is CCC(=O)NC1CCCN(C(=O)c2cc(-c3ccco3)n(-c3cccc(Cl)c3)n2)C1. The summed E-state index contributed by atoms with van der Waals surface area (Å²) < 4.78 is 7.22. The fraction of sp³-hybridized carbons (Fsp3) is 0.318. The summed E-state index contributed by atoms with van der Waals surface area (Å²) in [6.45, 7) is 2.93. The number of nitrogens with zero attached hydrogens (tertiary/aromatic N) is 3. The predicted octanol–water partition coefficient (Wildman–Crippen LogP) is 3.92. The number of piperidine rings is 1. The molecule has 1 N–H and O–H groups in total. The lowest BCUT2D eigenvalue weighted by molar-refractivity contribution is -0.121. The molecule has 1 aromatic carbocycles. The van der Waals surface area contributed by atoms with Crippen LogP contribution in [0.5, 0.6) is 0 Å². The molecule has 30 heavy (non-hydrogen) atoms. The van der Waals surface area contributed by atoms with E-state index in [1.807, 2.05) is 25.1 Å². The van der Waals surface area contributed by atoms with Gasteiger partial charge in [0.2, 0.25) is 5.91 Å². The number of likely N-dealkylation sites (tertiary alicyclic amines) is 1. The quantitative estimate of drug-likeness (QED) is 0.670. The van der Waals surface area contributed by atoms with Gasteiger partial charge >= 0.3 is 0 Å². The van der Waals surface area contributed by atoms with Gasteiger partial charge in [-0.1, -0.05) is 24.6 Å². The number of benzene rings is 1. The van der Waals surface area contributed by atoms with Gasteiger partial charge in [0, 0.05) is 36.6 Å². The van der Waals surface area contributed by atoms with E-state index in [2.05, 4.69) is 10.4 Å². The van der Waals surface area contributed by atoms with E-state index in [0.717, 1.165) is 18.5 Å². The van der Waals surface area contributed by atoms with Crippen molar-refractivity contribution in [3.63, 3.8) is 0 Å². The van der Waals surface area contributed by atoms with Gasteiger partial charge in [0.05, 0.1) is 12.0 Å². The first-order chi connectivity index (χ1) is 14.5. The number of nitrogens with one attached hydrogen (secondary N) is 1. The number of halogens is 1. The van der Waals surface area contributed by atoms with E-state index in [4.69, 9.17) is 16.0 Å². The second-order valence-electron chi connectivity index (χ2n) is 7.30. The van der Waals surface area contributed by atoms with E-state index in [9.17, 15) is 9.59 Å². The zero-order valence-electron chi connectivity index (χ0n) is 16.7. The lowest BCUT2D eigenvalue weighted by Crippen LogP contribution is -2.49. The Hall–Kier alpha value is -3.06. The monoisotopic (exact) mass is 426 g/mol. The van der Waals surface area contributed by atoms with Crippen LogP contribution < -0.4 is 5.32 Å². The summed E-state index contributed by atoms with van der Waals surface area (Å²) in [6, 6.07) is 12.6. The van der Waals surface area contributed by atoms with Crippen LogP contribution in [-0.2, 0) is 4.79 Å². The van der Waals surface area contributed by atoms with Gasteiger partial charge in [-0.15, -0.1) is 0 Å². The maximum atomic E-state index is 13.2. The molecule has 4 rings (SSSR count). The normalized spacial score (nSPS) is 16.5. The van der Waals surface area contributed by atoms with Gasteiger partial charge in [-0.05, 0) is 43.2 Å². The minimum Gasteiger partial charge on any atom is -0.463 e. The Kier molecular flexibility index (Phi) is 5.90. The first kappa shape index (κ1) is 20.2.